The molecule has 2 N–H and O–H groups in total. The fraction of sp³-hybridized carbons (Fsp3) is 0.667. The molecule has 0 atom stereocenters. The number of nitrogens with two attached hydrogens (primary N) is 1. The molecule has 1 aliphatic heterocycles. The predicted molar refractivity (Wildman–Crippen MR) is 64.9 cm³/mol. The highest BCUT2D eigenvalue weighted by Crippen LogP contribution is 2.22. The Labute approximate surface area is 101 Å². The molecule has 0 saturated carbocycles. The average molecular weight is 237 g/mol. The second kappa shape index (κ2) is 5.82. The van der Waals surface area contributed by atoms with Crippen LogP contribution in [-0.2, 0) is 11.2 Å². The van der Waals surface area contributed by atoms with Gasteiger partial charge in [0.2, 0.25) is 5.88 Å². The summed E-state index contributed by atoms with van der Waals surface area (Å²) in [5.74, 6) is 1.71. The number of anilines is 1. The van der Waals surface area contributed by atoms with Crippen LogP contribution in [0.25, 0.3) is 0 Å². The van der Waals surface area contributed by atoms with E-state index in [0.717, 1.165) is 38.0 Å². The van der Waals surface area contributed by atoms with Gasteiger partial charge in [-0.1, -0.05) is 6.92 Å². The molecule has 0 unspecified atom stereocenters. The van der Waals surface area contributed by atoms with Crippen LogP contribution in [0.1, 0.15) is 25.3 Å². The van der Waals surface area contributed by atoms with E-state index in [4.69, 9.17) is 15.2 Å². The maximum atomic E-state index is 5.79. The second-order valence-electron chi connectivity index (χ2n) is 4.26. The first-order valence-corrected chi connectivity index (χ1v) is 6.11. The summed E-state index contributed by atoms with van der Waals surface area (Å²) in [7, 11) is 0. The zero-order valence-corrected chi connectivity index (χ0v) is 10.2. The summed E-state index contributed by atoms with van der Waals surface area (Å²) in [5, 5.41) is 0. The molecule has 1 fully saturated rings. The molecular formula is C12H19N3O2. The molecule has 0 aromatic carbocycles. The lowest BCUT2D eigenvalue weighted by Crippen LogP contribution is -2.22. The van der Waals surface area contributed by atoms with E-state index >= 15 is 0 Å². The third-order valence-corrected chi connectivity index (χ3v) is 3.09. The van der Waals surface area contributed by atoms with Gasteiger partial charge in [0.15, 0.2) is 0 Å². The highest BCUT2D eigenvalue weighted by atomic mass is 16.5. The fourth-order valence-corrected chi connectivity index (χ4v) is 1.98. The molecule has 0 amide bonds. The molecule has 1 aromatic rings. The van der Waals surface area contributed by atoms with Gasteiger partial charge in [0.05, 0.1) is 12.2 Å². The summed E-state index contributed by atoms with van der Waals surface area (Å²) < 4.78 is 11.1. The number of nitrogen functional groups attached to an aromatic ring is 1. The standard InChI is InChI=1S/C12H19N3O2/c1-2-10-11(13)14-8-15-12(10)17-7-9-3-5-16-6-4-9/h8-9H,2-7H2,1H3,(H2,13,14,15). The largest absolute Gasteiger partial charge is 0.477 e. The van der Waals surface area contributed by atoms with Crippen molar-refractivity contribution in [3.63, 3.8) is 0 Å². The zero-order valence-electron chi connectivity index (χ0n) is 10.2. The Balaban J connectivity index is 1.95. The number of rotatable bonds is 4. The predicted octanol–water partition coefficient (Wildman–Crippen LogP) is 1.43. The smallest absolute Gasteiger partial charge is 0.221 e. The Kier molecular flexibility index (Phi) is 4.14. The minimum absolute atomic E-state index is 0.518. The van der Waals surface area contributed by atoms with Crippen molar-refractivity contribution in [2.24, 2.45) is 5.92 Å². The highest BCUT2D eigenvalue weighted by molar-refractivity contribution is 5.44. The number of nitrogens with zero attached hydrogens (tertiary/aromatic N) is 2. The van der Waals surface area contributed by atoms with Crippen LogP contribution in [0.15, 0.2) is 6.33 Å². The van der Waals surface area contributed by atoms with E-state index in [-0.39, 0.29) is 0 Å². The van der Waals surface area contributed by atoms with E-state index in [1.807, 2.05) is 6.92 Å². The molecule has 1 aromatic heterocycles. The minimum atomic E-state index is 0.518. The molecule has 0 aliphatic carbocycles. The van der Waals surface area contributed by atoms with E-state index in [0.29, 0.717) is 24.2 Å². The molecular weight excluding hydrogens is 218 g/mol. The summed E-state index contributed by atoms with van der Waals surface area (Å²) in [5.41, 5.74) is 6.69. The SMILES string of the molecule is CCc1c(N)ncnc1OCC1CCOCC1. The maximum Gasteiger partial charge on any atom is 0.221 e. The topological polar surface area (TPSA) is 70.3 Å². The van der Waals surface area contributed by atoms with Crippen molar-refractivity contribution in [2.45, 2.75) is 26.2 Å². The molecule has 0 spiro atoms. The van der Waals surface area contributed by atoms with E-state index in [1.165, 1.54) is 6.33 Å². The molecule has 0 radical (unpaired) electrons. The Morgan fingerprint density at radius 1 is 1.41 bits per heavy atom. The molecule has 5 heteroatoms. The first-order valence-electron chi connectivity index (χ1n) is 6.11. The van der Waals surface area contributed by atoms with E-state index in [1.54, 1.807) is 0 Å². The van der Waals surface area contributed by atoms with Crippen LogP contribution in [0.3, 0.4) is 0 Å². The Hall–Kier alpha value is -1.36. The molecule has 2 heterocycles. The van der Waals surface area contributed by atoms with E-state index < -0.39 is 0 Å². The lowest BCUT2D eigenvalue weighted by atomic mass is 10.0. The fourth-order valence-electron chi connectivity index (χ4n) is 1.98. The number of ether oxygens (including phenoxy) is 2. The summed E-state index contributed by atoms with van der Waals surface area (Å²) in [6, 6.07) is 0. The Morgan fingerprint density at radius 2 is 2.18 bits per heavy atom. The molecule has 2 rings (SSSR count). The molecule has 17 heavy (non-hydrogen) atoms. The van der Waals surface area contributed by atoms with Crippen molar-refractivity contribution < 1.29 is 9.47 Å². The Morgan fingerprint density at radius 3 is 2.88 bits per heavy atom. The van der Waals surface area contributed by atoms with Gasteiger partial charge in [-0.15, -0.1) is 0 Å². The third-order valence-electron chi connectivity index (χ3n) is 3.09. The normalized spacial score (nSPS) is 17.0. The average Bonchev–Trinajstić information content (AvgIpc) is 2.37. The van der Waals surface area contributed by atoms with Gasteiger partial charge in [-0.2, -0.15) is 0 Å². The van der Waals surface area contributed by atoms with Gasteiger partial charge in [0, 0.05) is 13.2 Å². The van der Waals surface area contributed by atoms with Crippen molar-refractivity contribution in [1.82, 2.24) is 9.97 Å². The molecule has 5 nitrogen and oxygen atoms in total. The lowest BCUT2D eigenvalue weighted by molar-refractivity contribution is 0.0489. The van der Waals surface area contributed by atoms with Crippen LogP contribution < -0.4 is 10.5 Å². The van der Waals surface area contributed by atoms with Gasteiger partial charge in [-0.25, -0.2) is 9.97 Å². The first kappa shape index (κ1) is 12.1. The van der Waals surface area contributed by atoms with Crippen LogP contribution in [0.5, 0.6) is 5.88 Å². The lowest BCUT2D eigenvalue weighted by Gasteiger charge is -2.22. The van der Waals surface area contributed by atoms with Crippen molar-refractivity contribution in [1.29, 1.82) is 0 Å². The minimum Gasteiger partial charge on any atom is -0.477 e. The molecule has 1 saturated heterocycles. The number of hydrogen-bond donors (Lipinski definition) is 1. The summed E-state index contributed by atoms with van der Waals surface area (Å²) in [4.78, 5) is 8.12. The molecule has 0 bridgehead atoms. The van der Waals surface area contributed by atoms with Crippen molar-refractivity contribution in [3.8, 4) is 5.88 Å². The van der Waals surface area contributed by atoms with Gasteiger partial charge in [-0.3, -0.25) is 0 Å². The molecule has 94 valence electrons. The van der Waals surface area contributed by atoms with E-state index in [2.05, 4.69) is 9.97 Å². The highest BCUT2D eigenvalue weighted by Gasteiger charge is 2.16. The van der Waals surface area contributed by atoms with Crippen LogP contribution in [-0.4, -0.2) is 29.8 Å². The van der Waals surface area contributed by atoms with Crippen molar-refractivity contribution in [2.75, 3.05) is 25.6 Å². The quantitative estimate of drug-likeness (QED) is 0.857. The van der Waals surface area contributed by atoms with Crippen LogP contribution in [0.2, 0.25) is 0 Å². The van der Waals surface area contributed by atoms with Gasteiger partial charge in [0.25, 0.3) is 0 Å². The zero-order chi connectivity index (χ0) is 12.1. The first-order chi connectivity index (χ1) is 8.31. The molecule has 1 aliphatic rings. The monoisotopic (exact) mass is 237 g/mol. The van der Waals surface area contributed by atoms with Crippen LogP contribution in [0.4, 0.5) is 5.82 Å². The number of aromatic nitrogens is 2. The Bertz CT molecular complexity index is 365. The van der Waals surface area contributed by atoms with Crippen LogP contribution in [0, 0.1) is 5.92 Å². The van der Waals surface area contributed by atoms with E-state index in [9.17, 15) is 0 Å². The van der Waals surface area contributed by atoms with Gasteiger partial charge < -0.3 is 15.2 Å². The summed E-state index contributed by atoms with van der Waals surface area (Å²) in [6.45, 7) is 4.38. The summed E-state index contributed by atoms with van der Waals surface area (Å²) >= 11 is 0. The maximum absolute atomic E-state index is 5.79. The second-order valence-corrected chi connectivity index (χ2v) is 4.26. The van der Waals surface area contributed by atoms with Crippen LogP contribution >= 0.6 is 0 Å². The van der Waals surface area contributed by atoms with Crippen molar-refractivity contribution >= 4 is 5.82 Å². The summed E-state index contributed by atoms with van der Waals surface area (Å²) in [6.07, 6.45) is 4.35. The van der Waals surface area contributed by atoms with Crippen molar-refractivity contribution in [3.05, 3.63) is 11.9 Å². The third kappa shape index (κ3) is 3.06. The van der Waals surface area contributed by atoms with Gasteiger partial charge >= 0.3 is 0 Å². The van der Waals surface area contributed by atoms with Gasteiger partial charge in [-0.05, 0) is 25.2 Å². The van der Waals surface area contributed by atoms with Gasteiger partial charge in [0.1, 0.15) is 12.1 Å². The number of hydrogen-bond acceptors (Lipinski definition) is 5.